The number of aliphatic hydroxyl groups excluding tert-OH is 1. The number of hydrogen-bond acceptors (Lipinski definition) is 6. The van der Waals surface area contributed by atoms with Gasteiger partial charge in [0.2, 0.25) is 5.91 Å². The minimum Gasteiger partial charge on any atom is -0.395 e. The van der Waals surface area contributed by atoms with Crippen LogP contribution in [-0.2, 0) is 11.3 Å². The number of hydrogen-bond donors (Lipinski definition) is 1. The van der Waals surface area contributed by atoms with E-state index in [-0.39, 0.29) is 18.1 Å². The van der Waals surface area contributed by atoms with Gasteiger partial charge >= 0.3 is 0 Å². The number of carbonyl (C=O) groups excluding carboxylic acids is 1. The Kier molecular flexibility index (Phi) is 5.54. The molecule has 2 saturated heterocycles. The van der Waals surface area contributed by atoms with E-state index in [2.05, 4.69) is 27.2 Å². The lowest BCUT2D eigenvalue weighted by atomic mass is 9.86. The van der Waals surface area contributed by atoms with E-state index >= 15 is 0 Å². The van der Waals surface area contributed by atoms with Crippen molar-refractivity contribution in [3.8, 4) is 0 Å². The zero-order valence-electron chi connectivity index (χ0n) is 14.7. The first-order valence-corrected chi connectivity index (χ1v) is 9.64. The monoisotopic (exact) mass is 352 g/mol. The Bertz CT molecular complexity index is 579. The smallest absolute Gasteiger partial charge is 0.222 e. The van der Waals surface area contributed by atoms with Gasteiger partial charge in [-0.3, -0.25) is 14.6 Å². The molecular weight excluding hydrogens is 324 g/mol. The molecule has 1 aromatic rings. The summed E-state index contributed by atoms with van der Waals surface area (Å²) in [4.78, 5) is 23.6. The van der Waals surface area contributed by atoms with Gasteiger partial charge in [0.1, 0.15) is 0 Å². The van der Waals surface area contributed by atoms with E-state index in [0.29, 0.717) is 13.0 Å². The van der Waals surface area contributed by atoms with Crippen LogP contribution in [0.2, 0.25) is 0 Å². The zero-order valence-corrected chi connectivity index (χ0v) is 15.5. The molecule has 1 spiro atoms. The van der Waals surface area contributed by atoms with Gasteiger partial charge in [0.15, 0.2) is 0 Å². The quantitative estimate of drug-likeness (QED) is 0.874. The molecule has 1 atom stereocenters. The first-order chi connectivity index (χ1) is 11.5. The van der Waals surface area contributed by atoms with Crippen LogP contribution in [0, 0.1) is 6.92 Å². The summed E-state index contributed by atoms with van der Waals surface area (Å²) in [5.41, 5.74) is 1.22. The van der Waals surface area contributed by atoms with Crippen molar-refractivity contribution in [2.24, 2.45) is 0 Å². The predicted molar refractivity (Wildman–Crippen MR) is 95.0 cm³/mol. The van der Waals surface area contributed by atoms with Crippen LogP contribution in [0.5, 0.6) is 0 Å². The highest BCUT2D eigenvalue weighted by molar-refractivity contribution is 7.09. The maximum absolute atomic E-state index is 12.3. The Hall–Kier alpha value is -1.02. The molecule has 1 N–H and O–H groups in total. The fraction of sp³-hybridized carbons (Fsp3) is 0.765. The van der Waals surface area contributed by atoms with E-state index < -0.39 is 0 Å². The molecule has 0 unspecified atom stereocenters. The predicted octanol–water partition coefficient (Wildman–Crippen LogP) is 0.943. The molecule has 0 aliphatic carbocycles. The second kappa shape index (κ2) is 7.47. The maximum atomic E-state index is 12.3. The Morgan fingerprint density at radius 2 is 2.17 bits per heavy atom. The van der Waals surface area contributed by atoms with Gasteiger partial charge in [0, 0.05) is 56.6 Å². The van der Waals surface area contributed by atoms with Gasteiger partial charge in [-0.1, -0.05) is 0 Å². The minimum atomic E-state index is 0.0455. The van der Waals surface area contributed by atoms with Crippen molar-refractivity contribution in [1.29, 1.82) is 0 Å². The summed E-state index contributed by atoms with van der Waals surface area (Å²) < 4.78 is 0. The van der Waals surface area contributed by atoms with E-state index in [4.69, 9.17) is 0 Å². The number of thiazole rings is 1. The van der Waals surface area contributed by atoms with Crippen molar-refractivity contribution < 1.29 is 9.90 Å². The molecule has 7 heteroatoms. The first-order valence-electron chi connectivity index (χ1n) is 8.76. The number of aromatic nitrogens is 1. The normalized spacial score (nSPS) is 27.0. The third-order valence-corrected chi connectivity index (χ3v) is 6.33. The molecule has 0 radical (unpaired) electrons. The molecule has 134 valence electrons. The lowest BCUT2D eigenvalue weighted by Gasteiger charge is -2.49. The number of aliphatic hydroxyl groups is 1. The number of amides is 1. The van der Waals surface area contributed by atoms with Crippen LogP contribution in [0.3, 0.4) is 0 Å². The average Bonchev–Trinajstić information content (AvgIpc) is 2.90. The molecule has 1 aromatic heterocycles. The Labute approximate surface area is 148 Å². The number of β-amino-alcohol motifs (C(OH)–C–C–N with tert-alkyl or cyclic N) is 1. The number of nitrogens with zero attached hydrogens (tertiary/aromatic N) is 4. The minimum absolute atomic E-state index is 0.0455. The lowest BCUT2D eigenvalue weighted by Crippen LogP contribution is -2.60. The summed E-state index contributed by atoms with van der Waals surface area (Å²) in [6.07, 6.45) is 2.45. The molecule has 2 fully saturated rings. The van der Waals surface area contributed by atoms with Crippen LogP contribution in [0.15, 0.2) is 5.38 Å². The topological polar surface area (TPSA) is 59.9 Å². The molecule has 2 aliphatic heterocycles. The highest BCUT2D eigenvalue weighted by Gasteiger charge is 2.42. The van der Waals surface area contributed by atoms with Crippen molar-refractivity contribution in [3.05, 3.63) is 16.1 Å². The molecule has 2 aliphatic rings. The molecule has 0 aromatic carbocycles. The van der Waals surface area contributed by atoms with Crippen LogP contribution in [-0.4, -0.2) is 82.6 Å². The van der Waals surface area contributed by atoms with Crippen LogP contribution in [0.4, 0.5) is 0 Å². The maximum Gasteiger partial charge on any atom is 0.222 e. The van der Waals surface area contributed by atoms with Crippen LogP contribution in [0.1, 0.15) is 30.0 Å². The Morgan fingerprint density at radius 1 is 1.33 bits per heavy atom. The van der Waals surface area contributed by atoms with Gasteiger partial charge in [-0.05, 0) is 26.8 Å². The van der Waals surface area contributed by atoms with E-state index in [9.17, 15) is 9.90 Å². The van der Waals surface area contributed by atoms with Gasteiger partial charge in [-0.25, -0.2) is 4.98 Å². The molecule has 0 saturated carbocycles. The number of aryl methyl sites for hydroxylation is 1. The van der Waals surface area contributed by atoms with Crippen molar-refractivity contribution in [1.82, 2.24) is 19.7 Å². The first kappa shape index (κ1) is 17.8. The number of piperazine rings is 1. The highest BCUT2D eigenvalue weighted by atomic mass is 32.1. The average molecular weight is 353 g/mol. The molecular formula is C17H28N4O2S. The fourth-order valence-electron chi connectivity index (χ4n) is 3.98. The molecule has 24 heavy (non-hydrogen) atoms. The molecule has 0 bridgehead atoms. The van der Waals surface area contributed by atoms with Crippen molar-refractivity contribution >= 4 is 17.2 Å². The van der Waals surface area contributed by atoms with E-state index in [1.165, 1.54) is 0 Å². The standard InChI is InChI=1S/C17H28N4O2S/c1-14-18-15(12-24-14)11-20-8-7-19(2)17(13-20)4-3-16(23)21(6-5-17)9-10-22/h12,22H,3-11,13H2,1-2H3/t17-/m1/s1. The second-order valence-electron chi connectivity index (χ2n) is 7.07. The van der Waals surface area contributed by atoms with Gasteiger partial charge < -0.3 is 10.0 Å². The molecule has 3 rings (SSSR count). The SMILES string of the molecule is Cc1nc(CN2CCN(C)[C@@]3(CCC(=O)N(CCO)CC3)C2)cs1. The number of likely N-dealkylation sites (tertiary alicyclic amines) is 1. The summed E-state index contributed by atoms with van der Waals surface area (Å²) in [7, 11) is 2.19. The van der Waals surface area contributed by atoms with E-state index in [0.717, 1.165) is 56.3 Å². The summed E-state index contributed by atoms with van der Waals surface area (Å²) in [5.74, 6) is 0.182. The summed E-state index contributed by atoms with van der Waals surface area (Å²) in [6, 6.07) is 0. The van der Waals surface area contributed by atoms with Gasteiger partial charge in [0.25, 0.3) is 0 Å². The molecule has 3 heterocycles. The molecule has 6 nitrogen and oxygen atoms in total. The largest absolute Gasteiger partial charge is 0.395 e. The Morgan fingerprint density at radius 3 is 2.88 bits per heavy atom. The lowest BCUT2D eigenvalue weighted by molar-refractivity contribution is -0.131. The number of likely N-dealkylation sites (N-methyl/N-ethyl adjacent to an activating group) is 1. The van der Waals surface area contributed by atoms with Crippen molar-refractivity contribution in [2.45, 2.75) is 38.3 Å². The van der Waals surface area contributed by atoms with Gasteiger partial charge in [-0.2, -0.15) is 0 Å². The van der Waals surface area contributed by atoms with Crippen LogP contribution < -0.4 is 0 Å². The number of rotatable bonds is 4. The Balaban J connectivity index is 1.69. The van der Waals surface area contributed by atoms with Crippen molar-refractivity contribution in [3.63, 3.8) is 0 Å². The van der Waals surface area contributed by atoms with Gasteiger partial charge in [0.05, 0.1) is 17.3 Å². The fourth-order valence-corrected chi connectivity index (χ4v) is 4.58. The van der Waals surface area contributed by atoms with Gasteiger partial charge in [-0.15, -0.1) is 11.3 Å². The second-order valence-corrected chi connectivity index (χ2v) is 8.13. The van der Waals surface area contributed by atoms with E-state index in [1.807, 2.05) is 11.8 Å². The zero-order chi connectivity index (χ0) is 17.2. The van der Waals surface area contributed by atoms with Crippen LogP contribution >= 0.6 is 11.3 Å². The molecule has 1 amide bonds. The third kappa shape index (κ3) is 3.79. The van der Waals surface area contributed by atoms with E-state index in [1.54, 1.807) is 11.3 Å². The summed E-state index contributed by atoms with van der Waals surface area (Å²) in [6.45, 7) is 7.25. The summed E-state index contributed by atoms with van der Waals surface area (Å²) >= 11 is 1.71. The number of carbonyl (C=O) groups is 1. The summed E-state index contributed by atoms with van der Waals surface area (Å²) in [5, 5.41) is 12.4. The third-order valence-electron chi connectivity index (χ3n) is 5.51. The van der Waals surface area contributed by atoms with Crippen LogP contribution in [0.25, 0.3) is 0 Å². The highest BCUT2D eigenvalue weighted by Crippen LogP contribution is 2.32. The van der Waals surface area contributed by atoms with Crippen molar-refractivity contribution in [2.75, 3.05) is 46.4 Å².